The first-order valence-electron chi connectivity index (χ1n) is 6.72. The SMILES string of the molecule is COC1OC(Oc2cc(O)cc(C)c2C(=O)O)C(O)C(O)C1O. The number of hydrogen-bond donors (Lipinski definition) is 5. The summed E-state index contributed by atoms with van der Waals surface area (Å²) < 4.78 is 15.3. The Labute approximate surface area is 131 Å². The summed E-state index contributed by atoms with van der Waals surface area (Å²) in [5.74, 6) is -1.79. The Morgan fingerprint density at radius 3 is 2.30 bits per heavy atom. The second kappa shape index (κ2) is 6.69. The smallest absolute Gasteiger partial charge is 0.339 e. The van der Waals surface area contributed by atoms with E-state index in [4.69, 9.17) is 14.2 Å². The van der Waals surface area contributed by atoms with Gasteiger partial charge in [-0.25, -0.2) is 4.79 Å². The molecule has 9 heteroatoms. The molecule has 1 saturated heterocycles. The summed E-state index contributed by atoms with van der Waals surface area (Å²) in [6.45, 7) is 1.46. The molecular formula is C14H18O9. The Bertz CT molecular complexity index is 586. The number of hydrogen-bond acceptors (Lipinski definition) is 8. The molecule has 1 aromatic rings. The molecule has 0 saturated carbocycles. The van der Waals surface area contributed by atoms with Crippen molar-refractivity contribution >= 4 is 5.97 Å². The van der Waals surface area contributed by atoms with Gasteiger partial charge in [0.2, 0.25) is 6.29 Å². The van der Waals surface area contributed by atoms with Crippen molar-refractivity contribution in [3.63, 3.8) is 0 Å². The molecule has 128 valence electrons. The number of ether oxygens (including phenoxy) is 3. The van der Waals surface area contributed by atoms with Crippen molar-refractivity contribution in [2.75, 3.05) is 7.11 Å². The summed E-state index contributed by atoms with van der Waals surface area (Å²) in [4.78, 5) is 11.3. The quantitative estimate of drug-likeness (QED) is 0.478. The molecule has 1 aliphatic heterocycles. The standard InChI is InChI=1S/C14H18O9/c1-5-3-6(15)4-7(8(5)12(19)20)22-14-11(18)9(16)10(17)13(21-2)23-14/h3-4,9-11,13-18H,1-2H3,(H,19,20). The fourth-order valence-corrected chi connectivity index (χ4v) is 2.34. The van der Waals surface area contributed by atoms with Crippen LogP contribution >= 0.6 is 0 Å². The summed E-state index contributed by atoms with van der Waals surface area (Å²) in [5, 5.41) is 48.2. The van der Waals surface area contributed by atoms with Crippen molar-refractivity contribution in [2.45, 2.75) is 37.8 Å². The topological polar surface area (TPSA) is 146 Å². The number of aryl methyl sites for hydroxylation is 1. The second-order valence-corrected chi connectivity index (χ2v) is 5.14. The maximum atomic E-state index is 11.3. The number of carboxylic acid groups (broad SMARTS) is 1. The molecule has 1 heterocycles. The molecule has 23 heavy (non-hydrogen) atoms. The highest BCUT2D eigenvalue weighted by Gasteiger charge is 2.45. The maximum Gasteiger partial charge on any atom is 0.339 e. The van der Waals surface area contributed by atoms with Crippen LogP contribution in [-0.2, 0) is 9.47 Å². The molecule has 0 spiro atoms. The lowest BCUT2D eigenvalue weighted by molar-refractivity contribution is -0.327. The maximum absolute atomic E-state index is 11.3. The van der Waals surface area contributed by atoms with Gasteiger partial charge in [-0.05, 0) is 18.6 Å². The summed E-state index contributed by atoms with van der Waals surface area (Å²) in [6, 6.07) is 2.29. The fraction of sp³-hybridized carbons (Fsp3) is 0.500. The number of carboxylic acids is 1. The van der Waals surface area contributed by atoms with Crippen LogP contribution in [0.4, 0.5) is 0 Å². The van der Waals surface area contributed by atoms with E-state index < -0.39 is 36.9 Å². The first kappa shape index (κ1) is 17.4. The van der Waals surface area contributed by atoms with E-state index in [2.05, 4.69) is 0 Å². The lowest BCUT2D eigenvalue weighted by atomic mass is 10.0. The summed E-state index contributed by atoms with van der Waals surface area (Å²) in [5.41, 5.74) is 0.00912. The number of methoxy groups -OCH3 is 1. The van der Waals surface area contributed by atoms with Crippen molar-refractivity contribution in [1.29, 1.82) is 0 Å². The summed E-state index contributed by atoms with van der Waals surface area (Å²) in [6.07, 6.45) is -7.55. The van der Waals surface area contributed by atoms with Crippen LogP contribution in [0.5, 0.6) is 11.5 Å². The van der Waals surface area contributed by atoms with Gasteiger partial charge in [0, 0.05) is 13.2 Å². The van der Waals surface area contributed by atoms with Gasteiger partial charge in [-0.1, -0.05) is 0 Å². The van der Waals surface area contributed by atoms with E-state index in [0.717, 1.165) is 6.07 Å². The third-order valence-corrected chi connectivity index (χ3v) is 3.50. The van der Waals surface area contributed by atoms with E-state index >= 15 is 0 Å². The van der Waals surface area contributed by atoms with Gasteiger partial charge in [-0.15, -0.1) is 0 Å². The van der Waals surface area contributed by atoms with Crippen molar-refractivity contribution in [3.05, 3.63) is 23.3 Å². The van der Waals surface area contributed by atoms with Gasteiger partial charge in [0.25, 0.3) is 0 Å². The molecule has 5 atom stereocenters. The number of carbonyl (C=O) groups is 1. The molecule has 9 nitrogen and oxygen atoms in total. The van der Waals surface area contributed by atoms with Gasteiger partial charge >= 0.3 is 5.97 Å². The number of rotatable bonds is 4. The Morgan fingerprint density at radius 2 is 1.74 bits per heavy atom. The third kappa shape index (κ3) is 3.38. The number of aliphatic hydroxyl groups excluding tert-OH is 3. The molecule has 1 aliphatic rings. The molecular weight excluding hydrogens is 312 g/mol. The number of phenols is 1. The average molecular weight is 330 g/mol. The molecule has 0 amide bonds. The van der Waals surface area contributed by atoms with Crippen LogP contribution in [0.2, 0.25) is 0 Å². The Morgan fingerprint density at radius 1 is 1.13 bits per heavy atom. The van der Waals surface area contributed by atoms with E-state index in [9.17, 15) is 30.3 Å². The number of aliphatic hydroxyl groups is 3. The van der Waals surface area contributed by atoms with Crippen LogP contribution < -0.4 is 4.74 Å². The van der Waals surface area contributed by atoms with Crippen molar-refractivity contribution in [3.8, 4) is 11.5 Å². The van der Waals surface area contributed by atoms with E-state index in [1.807, 2.05) is 0 Å². The van der Waals surface area contributed by atoms with Gasteiger partial charge < -0.3 is 39.7 Å². The predicted octanol–water partition coefficient (Wildman–Crippen LogP) is -0.811. The number of aromatic carboxylic acids is 1. The zero-order chi connectivity index (χ0) is 17.3. The second-order valence-electron chi connectivity index (χ2n) is 5.14. The Kier molecular flexibility index (Phi) is 5.07. The van der Waals surface area contributed by atoms with E-state index in [-0.39, 0.29) is 22.6 Å². The molecule has 1 fully saturated rings. The first-order chi connectivity index (χ1) is 10.8. The molecule has 0 aromatic heterocycles. The van der Waals surface area contributed by atoms with Crippen molar-refractivity contribution in [2.24, 2.45) is 0 Å². The largest absolute Gasteiger partial charge is 0.508 e. The lowest BCUT2D eigenvalue weighted by Gasteiger charge is -2.39. The van der Waals surface area contributed by atoms with Crippen LogP contribution in [0.25, 0.3) is 0 Å². The van der Waals surface area contributed by atoms with Crippen LogP contribution in [0.1, 0.15) is 15.9 Å². The molecule has 0 bridgehead atoms. The number of phenolic OH excluding ortho intramolecular Hbond substituents is 1. The van der Waals surface area contributed by atoms with Gasteiger partial charge in [0.1, 0.15) is 35.4 Å². The summed E-state index contributed by atoms with van der Waals surface area (Å²) >= 11 is 0. The highest BCUT2D eigenvalue weighted by molar-refractivity contribution is 5.93. The van der Waals surface area contributed by atoms with E-state index in [0.29, 0.717) is 0 Å². The van der Waals surface area contributed by atoms with Gasteiger partial charge in [0.15, 0.2) is 6.29 Å². The highest BCUT2D eigenvalue weighted by Crippen LogP contribution is 2.31. The Hall–Kier alpha value is -1.91. The van der Waals surface area contributed by atoms with Crippen LogP contribution in [0, 0.1) is 6.92 Å². The lowest BCUT2D eigenvalue weighted by Crippen LogP contribution is -2.59. The molecule has 5 N–H and O–H groups in total. The fourth-order valence-electron chi connectivity index (χ4n) is 2.34. The monoisotopic (exact) mass is 330 g/mol. The van der Waals surface area contributed by atoms with Gasteiger partial charge in [-0.3, -0.25) is 0 Å². The molecule has 5 unspecified atom stereocenters. The zero-order valence-electron chi connectivity index (χ0n) is 12.4. The summed E-state index contributed by atoms with van der Waals surface area (Å²) in [7, 11) is 1.22. The van der Waals surface area contributed by atoms with Crippen LogP contribution in [0.15, 0.2) is 12.1 Å². The minimum atomic E-state index is -1.65. The highest BCUT2D eigenvalue weighted by atomic mass is 16.8. The van der Waals surface area contributed by atoms with E-state index in [1.54, 1.807) is 0 Å². The molecule has 1 aromatic carbocycles. The van der Waals surface area contributed by atoms with Crippen molar-refractivity contribution in [1.82, 2.24) is 0 Å². The van der Waals surface area contributed by atoms with Crippen LogP contribution in [0.3, 0.4) is 0 Å². The molecule has 2 rings (SSSR count). The van der Waals surface area contributed by atoms with Gasteiger partial charge in [0.05, 0.1) is 0 Å². The number of aromatic hydroxyl groups is 1. The van der Waals surface area contributed by atoms with Crippen molar-refractivity contribution < 1.29 is 44.5 Å². The minimum absolute atomic E-state index is 0.229. The van der Waals surface area contributed by atoms with E-state index in [1.165, 1.54) is 20.1 Å². The minimum Gasteiger partial charge on any atom is -0.508 e. The third-order valence-electron chi connectivity index (χ3n) is 3.50. The predicted molar refractivity (Wildman–Crippen MR) is 74.1 cm³/mol. The normalized spacial score (nSPS) is 30.9. The average Bonchev–Trinajstić information content (AvgIpc) is 2.46. The molecule has 0 radical (unpaired) electrons. The van der Waals surface area contributed by atoms with Gasteiger partial charge in [-0.2, -0.15) is 0 Å². The first-order valence-corrected chi connectivity index (χ1v) is 6.72. The molecule has 0 aliphatic carbocycles. The van der Waals surface area contributed by atoms with Crippen LogP contribution in [-0.4, -0.2) is 69.5 Å². The Balaban J connectivity index is 2.33. The number of benzene rings is 1. The zero-order valence-corrected chi connectivity index (χ0v) is 12.4.